The summed E-state index contributed by atoms with van der Waals surface area (Å²) in [5.41, 5.74) is -6.72. The van der Waals surface area contributed by atoms with Crippen molar-refractivity contribution in [3.8, 4) is 0 Å². The van der Waals surface area contributed by atoms with Crippen molar-refractivity contribution in [1.82, 2.24) is 0 Å². The number of cyclic esters (lactones) is 1. The molecule has 0 amide bonds. The Kier molecular flexibility index (Phi) is 4.76. The molecule has 1 aromatic heterocycles. The van der Waals surface area contributed by atoms with Gasteiger partial charge in [0.2, 0.25) is 0 Å². The fraction of sp³-hybridized carbons (Fsp3) is 0.667. The number of methoxy groups -OCH3 is 1. The molecule has 10 heteroatoms. The number of aliphatic hydroxyl groups is 4. The Balaban J connectivity index is 1.59. The topological polar surface area (TPSA) is 164 Å². The number of carbonyl (C=O) groups is 3. The number of ketones is 1. The number of carbonyl (C=O) groups excluding carboxylic acids is 3. The monoisotopic (exact) mass is 516 g/mol. The van der Waals surface area contributed by atoms with E-state index in [1.54, 1.807) is 19.9 Å². The first-order valence-electron chi connectivity index (χ1n) is 12.6. The second-order valence-corrected chi connectivity index (χ2v) is 12.3. The summed E-state index contributed by atoms with van der Waals surface area (Å²) in [7, 11) is 1.13. The van der Waals surface area contributed by atoms with Gasteiger partial charge in [0.15, 0.2) is 11.9 Å². The maximum absolute atomic E-state index is 13.9. The first kappa shape index (κ1) is 24.8. The number of fused-ring (bicyclic) bond motifs is 6. The van der Waals surface area contributed by atoms with Crippen LogP contribution in [0.2, 0.25) is 0 Å². The molecule has 2 heterocycles. The van der Waals surface area contributed by atoms with Gasteiger partial charge in [-0.15, -0.1) is 0 Å². The lowest BCUT2D eigenvalue weighted by molar-refractivity contribution is -0.189. The van der Waals surface area contributed by atoms with Gasteiger partial charge in [0.25, 0.3) is 0 Å². The van der Waals surface area contributed by atoms with E-state index in [4.69, 9.17) is 13.9 Å². The van der Waals surface area contributed by atoms with Crippen LogP contribution in [-0.2, 0) is 23.9 Å². The summed E-state index contributed by atoms with van der Waals surface area (Å²) in [5.74, 6) is -5.82. The van der Waals surface area contributed by atoms with Crippen LogP contribution in [0.5, 0.6) is 0 Å². The predicted octanol–water partition coefficient (Wildman–Crippen LogP) is 0.822. The molecule has 4 saturated carbocycles. The molecule has 4 aliphatic carbocycles. The molecule has 0 aromatic carbocycles. The van der Waals surface area contributed by atoms with Crippen molar-refractivity contribution in [3.05, 3.63) is 35.8 Å². The SMILES string of the molecule is COC(=O)C(O)C1C2(C)CC3(O)C(C(=O)C2O)C2(O)C4=CC(=O)OC(c5ccoc5)C4(C)CCC2C13C. The molecule has 11 unspecified atom stereocenters. The van der Waals surface area contributed by atoms with Crippen LogP contribution in [0.1, 0.15) is 51.7 Å². The number of esters is 2. The van der Waals surface area contributed by atoms with Gasteiger partial charge in [0.1, 0.15) is 17.8 Å². The molecule has 0 spiro atoms. The minimum absolute atomic E-state index is 0.120. The maximum atomic E-state index is 13.9. The van der Waals surface area contributed by atoms with Gasteiger partial charge >= 0.3 is 11.9 Å². The highest BCUT2D eigenvalue weighted by molar-refractivity contribution is 5.94. The summed E-state index contributed by atoms with van der Waals surface area (Å²) >= 11 is 0. The lowest BCUT2D eigenvalue weighted by Gasteiger charge is -2.58. The van der Waals surface area contributed by atoms with E-state index in [1.807, 2.05) is 6.92 Å². The summed E-state index contributed by atoms with van der Waals surface area (Å²) in [6.45, 7) is 5.10. The third-order valence-electron chi connectivity index (χ3n) is 11.0. The normalized spacial score (nSPS) is 50.6. The van der Waals surface area contributed by atoms with E-state index in [9.17, 15) is 34.8 Å². The van der Waals surface area contributed by atoms with Crippen molar-refractivity contribution < 1.29 is 48.7 Å². The molecule has 0 saturated heterocycles. The highest BCUT2D eigenvalue weighted by atomic mass is 16.5. The minimum atomic E-state index is -2.04. The highest BCUT2D eigenvalue weighted by Crippen LogP contribution is 2.80. The van der Waals surface area contributed by atoms with Crippen LogP contribution >= 0.6 is 0 Å². The van der Waals surface area contributed by atoms with E-state index in [1.165, 1.54) is 18.6 Å². The molecule has 10 nitrogen and oxygen atoms in total. The lowest BCUT2D eigenvalue weighted by atomic mass is 9.49. The number of hydrogen-bond acceptors (Lipinski definition) is 10. The minimum Gasteiger partial charge on any atom is -0.472 e. The van der Waals surface area contributed by atoms with Gasteiger partial charge in [0, 0.05) is 39.7 Å². The van der Waals surface area contributed by atoms with Crippen LogP contribution in [0, 0.1) is 34.0 Å². The van der Waals surface area contributed by atoms with Crippen LogP contribution in [0.15, 0.2) is 34.7 Å². The lowest BCUT2D eigenvalue weighted by Crippen LogP contribution is -2.65. The zero-order chi connectivity index (χ0) is 26.9. The summed E-state index contributed by atoms with van der Waals surface area (Å²) in [6.07, 6.45) is 0.493. The van der Waals surface area contributed by atoms with Gasteiger partial charge in [-0.1, -0.05) is 20.8 Å². The van der Waals surface area contributed by atoms with Gasteiger partial charge < -0.3 is 34.3 Å². The summed E-state index contributed by atoms with van der Waals surface area (Å²) < 4.78 is 15.7. The van der Waals surface area contributed by atoms with Crippen molar-refractivity contribution in [1.29, 1.82) is 0 Å². The van der Waals surface area contributed by atoms with Crippen molar-refractivity contribution in [2.45, 2.75) is 69.5 Å². The van der Waals surface area contributed by atoms with Crippen molar-refractivity contribution >= 4 is 17.7 Å². The standard InChI is InChI=1S/C27H32O10/c1-23-7-5-13-25(3)18(17(30)22(32)35-4)24(2)11-26(25,33)19(16(29)20(24)31)27(13,34)14(23)9-15(28)37-21(23)12-6-8-36-10-12/h6,8-10,13,17-21,30-31,33-34H,5,7,11H2,1-4H3. The predicted molar refractivity (Wildman–Crippen MR) is 123 cm³/mol. The number of rotatable bonds is 3. The summed E-state index contributed by atoms with van der Waals surface area (Å²) in [5, 5.41) is 47.6. The van der Waals surface area contributed by atoms with Gasteiger partial charge in [-0.3, -0.25) is 4.79 Å². The quantitative estimate of drug-likeness (QED) is 0.423. The van der Waals surface area contributed by atoms with Crippen LogP contribution in [0.25, 0.3) is 0 Å². The fourth-order valence-electron chi connectivity index (χ4n) is 9.65. The van der Waals surface area contributed by atoms with E-state index in [0.717, 1.165) is 7.11 Å². The van der Waals surface area contributed by atoms with E-state index >= 15 is 0 Å². The number of furan rings is 1. The molecular weight excluding hydrogens is 484 g/mol. The summed E-state index contributed by atoms with van der Waals surface area (Å²) in [4.78, 5) is 39.4. The van der Waals surface area contributed by atoms with Gasteiger partial charge in [-0.05, 0) is 30.9 Å². The second-order valence-electron chi connectivity index (χ2n) is 12.3. The van der Waals surface area contributed by atoms with Crippen LogP contribution < -0.4 is 0 Å². The molecule has 1 aliphatic heterocycles. The van der Waals surface area contributed by atoms with Crippen molar-refractivity contribution in [2.24, 2.45) is 34.0 Å². The highest BCUT2D eigenvalue weighted by Gasteiger charge is 2.88. The average Bonchev–Trinajstić information content (AvgIpc) is 3.45. The first-order valence-corrected chi connectivity index (χ1v) is 12.6. The molecule has 2 bridgehead atoms. The molecule has 1 aromatic rings. The van der Waals surface area contributed by atoms with Crippen LogP contribution in [-0.4, -0.2) is 68.7 Å². The van der Waals surface area contributed by atoms with E-state index in [2.05, 4.69) is 0 Å². The Morgan fingerprint density at radius 1 is 1.22 bits per heavy atom. The van der Waals surface area contributed by atoms with E-state index in [0.29, 0.717) is 18.4 Å². The van der Waals surface area contributed by atoms with Gasteiger partial charge in [-0.25, -0.2) is 9.59 Å². The Morgan fingerprint density at radius 3 is 2.54 bits per heavy atom. The average molecular weight is 517 g/mol. The van der Waals surface area contributed by atoms with Gasteiger partial charge in [0.05, 0.1) is 31.2 Å². The molecule has 200 valence electrons. The molecule has 5 aliphatic rings. The van der Waals surface area contributed by atoms with Crippen molar-refractivity contribution in [2.75, 3.05) is 7.11 Å². The van der Waals surface area contributed by atoms with Crippen LogP contribution in [0.4, 0.5) is 0 Å². The summed E-state index contributed by atoms with van der Waals surface area (Å²) in [6, 6.07) is 1.67. The molecule has 4 N–H and O–H groups in total. The Hall–Kier alpha value is -2.53. The zero-order valence-electron chi connectivity index (χ0n) is 21.1. The van der Waals surface area contributed by atoms with E-state index < -0.39 is 81.2 Å². The van der Waals surface area contributed by atoms with Crippen molar-refractivity contribution in [3.63, 3.8) is 0 Å². The van der Waals surface area contributed by atoms with Gasteiger partial charge in [-0.2, -0.15) is 0 Å². The number of aliphatic hydroxyl groups excluding tert-OH is 2. The number of Topliss-reactive ketones (excluding diaryl/α,β-unsaturated/α-hetero) is 1. The smallest absolute Gasteiger partial charge is 0.335 e. The first-order chi connectivity index (χ1) is 17.2. The van der Waals surface area contributed by atoms with E-state index in [-0.39, 0.29) is 12.0 Å². The second kappa shape index (κ2) is 7.11. The molecular formula is C27H32O10. The number of hydrogen-bond donors (Lipinski definition) is 4. The Labute approximate surface area is 213 Å². The van der Waals surface area contributed by atoms with Crippen LogP contribution in [0.3, 0.4) is 0 Å². The molecule has 37 heavy (non-hydrogen) atoms. The molecule has 6 rings (SSSR count). The molecule has 0 radical (unpaired) electrons. The Bertz CT molecular complexity index is 1240. The maximum Gasteiger partial charge on any atom is 0.335 e. The largest absolute Gasteiger partial charge is 0.472 e. The molecule has 11 atom stereocenters. The number of ether oxygens (including phenoxy) is 2. The Morgan fingerprint density at radius 2 is 1.92 bits per heavy atom. The third-order valence-corrected chi connectivity index (χ3v) is 11.0. The zero-order valence-corrected chi connectivity index (χ0v) is 21.1. The molecule has 4 fully saturated rings. The third kappa shape index (κ3) is 2.49. The fourth-order valence-corrected chi connectivity index (χ4v) is 9.65.